The number of aliphatic hydroxyl groups is 1. The Kier molecular flexibility index (Phi) is 4.44. The molecule has 2 aliphatic heterocycles. The molecule has 0 radical (unpaired) electrons. The molecule has 1 aliphatic carbocycles. The second-order valence-electron chi connectivity index (χ2n) is 7.53. The van der Waals surface area contributed by atoms with Crippen LogP contribution in [0.15, 0.2) is 24.3 Å². The van der Waals surface area contributed by atoms with E-state index in [1.54, 1.807) is 21.3 Å². The minimum atomic E-state index is -0.146. The lowest BCUT2D eigenvalue weighted by Gasteiger charge is -2.36. The Bertz CT molecular complexity index is 916. The summed E-state index contributed by atoms with van der Waals surface area (Å²) in [6.45, 7) is 0.841. The molecule has 0 aromatic heterocycles. The Hall–Kier alpha value is -2.64. The van der Waals surface area contributed by atoms with Gasteiger partial charge in [0.2, 0.25) is 12.5 Å². The molecular weight excluding hydrogens is 376 g/mol. The van der Waals surface area contributed by atoms with Crippen LogP contribution in [-0.4, -0.2) is 46.4 Å². The van der Waals surface area contributed by atoms with Crippen LogP contribution in [-0.2, 0) is 4.74 Å². The predicted molar refractivity (Wildman–Crippen MR) is 103 cm³/mol. The SMILES string of the molecule is COc1cc([C@@H]2c3cc4c(cc3[C@@H]3OC[C@H]2[C@H]3CO)OCO4)cc(OC)c1OC. The smallest absolute Gasteiger partial charge is 0.231 e. The van der Waals surface area contributed by atoms with Crippen LogP contribution in [0.2, 0.25) is 0 Å². The van der Waals surface area contributed by atoms with E-state index in [0.29, 0.717) is 23.9 Å². The third kappa shape index (κ3) is 2.64. The van der Waals surface area contributed by atoms with Crippen LogP contribution in [0.1, 0.15) is 28.7 Å². The Morgan fingerprint density at radius 3 is 2.17 bits per heavy atom. The summed E-state index contributed by atoms with van der Waals surface area (Å²) >= 11 is 0. The van der Waals surface area contributed by atoms with Crippen molar-refractivity contribution in [1.29, 1.82) is 0 Å². The van der Waals surface area contributed by atoms with Gasteiger partial charge in [-0.05, 0) is 41.0 Å². The molecule has 29 heavy (non-hydrogen) atoms. The Labute approximate surface area is 169 Å². The molecule has 1 fully saturated rings. The van der Waals surface area contributed by atoms with Crippen LogP contribution in [0.3, 0.4) is 0 Å². The first-order valence-corrected chi connectivity index (χ1v) is 9.66. The van der Waals surface area contributed by atoms with E-state index in [2.05, 4.69) is 0 Å². The lowest BCUT2D eigenvalue weighted by molar-refractivity contribution is 0.0694. The standard InChI is InChI=1S/C22H24O7/c1-24-18-4-11(5-19(25-2)22(18)26-3)20-12-6-16-17(29-10-28-16)7-13(12)21-14(8-23)15(20)9-27-21/h4-7,14-15,20-21,23H,8-10H2,1-3H3/t14-,15+,20-,21+/m1/s1. The van der Waals surface area contributed by atoms with E-state index < -0.39 is 0 Å². The highest BCUT2D eigenvalue weighted by Crippen LogP contribution is 2.57. The van der Waals surface area contributed by atoms with Crippen molar-refractivity contribution in [2.75, 3.05) is 41.3 Å². The van der Waals surface area contributed by atoms with Gasteiger partial charge < -0.3 is 33.5 Å². The average molecular weight is 400 g/mol. The first kappa shape index (κ1) is 18.4. The van der Waals surface area contributed by atoms with Gasteiger partial charge in [0.05, 0.1) is 34.0 Å². The molecule has 1 N–H and O–H groups in total. The lowest BCUT2D eigenvalue weighted by atomic mass is 9.67. The lowest BCUT2D eigenvalue weighted by Crippen LogP contribution is -2.31. The molecule has 7 nitrogen and oxygen atoms in total. The van der Waals surface area contributed by atoms with Gasteiger partial charge in [-0.1, -0.05) is 0 Å². The minimum absolute atomic E-state index is 0.00645. The summed E-state index contributed by atoms with van der Waals surface area (Å²) in [4.78, 5) is 0. The quantitative estimate of drug-likeness (QED) is 0.827. The van der Waals surface area contributed by atoms with E-state index >= 15 is 0 Å². The van der Waals surface area contributed by atoms with Crippen LogP contribution in [0.4, 0.5) is 0 Å². The van der Waals surface area contributed by atoms with Crippen LogP contribution < -0.4 is 23.7 Å². The third-order valence-electron chi connectivity index (χ3n) is 6.31. The van der Waals surface area contributed by atoms with Crippen molar-refractivity contribution in [1.82, 2.24) is 0 Å². The summed E-state index contributed by atoms with van der Waals surface area (Å²) in [6.07, 6.45) is -0.146. The van der Waals surface area contributed by atoms with E-state index in [1.165, 1.54) is 0 Å². The molecule has 154 valence electrons. The number of hydrogen-bond acceptors (Lipinski definition) is 7. The van der Waals surface area contributed by atoms with E-state index in [0.717, 1.165) is 28.2 Å². The molecule has 0 saturated carbocycles. The van der Waals surface area contributed by atoms with E-state index in [4.69, 9.17) is 28.4 Å². The molecule has 0 spiro atoms. The fraction of sp³-hybridized carbons (Fsp3) is 0.455. The van der Waals surface area contributed by atoms with Crippen molar-refractivity contribution >= 4 is 0 Å². The molecule has 3 aliphatic rings. The summed E-state index contributed by atoms with van der Waals surface area (Å²) in [5, 5.41) is 10.1. The number of rotatable bonds is 5. The number of ether oxygens (including phenoxy) is 6. The highest BCUT2D eigenvalue weighted by Gasteiger charge is 2.49. The zero-order valence-corrected chi connectivity index (χ0v) is 16.6. The third-order valence-corrected chi connectivity index (χ3v) is 6.31. The number of fused-ring (bicyclic) bond motifs is 5. The van der Waals surface area contributed by atoms with Crippen molar-refractivity contribution in [3.05, 3.63) is 41.0 Å². The van der Waals surface area contributed by atoms with Crippen molar-refractivity contribution in [3.63, 3.8) is 0 Å². The summed E-state index contributed by atoms with van der Waals surface area (Å²) < 4.78 is 34.0. The predicted octanol–water partition coefficient (Wildman–Crippen LogP) is 2.88. The topological polar surface area (TPSA) is 75.6 Å². The molecule has 7 heteroatoms. The highest BCUT2D eigenvalue weighted by atomic mass is 16.7. The maximum Gasteiger partial charge on any atom is 0.231 e. The van der Waals surface area contributed by atoms with Crippen LogP contribution >= 0.6 is 0 Å². The maximum atomic E-state index is 10.1. The Morgan fingerprint density at radius 2 is 1.59 bits per heavy atom. The highest BCUT2D eigenvalue weighted by molar-refractivity contribution is 5.59. The molecule has 0 unspecified atom stereocenters. The number of hydrogen-bond donors (Lipinski definition) is 1. The van der Waals surface area contributed by atoms with E-state index in [1.807, 2.05) is 24.3 Å². The monoisotopic (exact) mass is 400 g/mol. The average Bonchev–Trinajstić information content (AvgIpc) is 3.35. The molecule has 2 aromatic carbocycles. The number of benzene rings is 2. The molecule has 5 rings (SSSR count). The normalized spacial score (nSPS) is 26.2. The fourth-order valence-corrected chi connectivity index (χ4v) is 5.01. The molecule has 2 heterocycles. The first-order valence-electron chi connectivity index (χ1n) is 9.66. The number of aliphatic hydroxyl groups excluding tert-OH is 1. The molecule has 2 aromatic rings. The summed E-state index contributed by atoms with van der Waals surface area (Å²) in [5.41, 5.74) is 3.19. The Balaban J connectivity index is 1.71. The zero-order valence-electron chi connectivity index (χ0n) is 16.6. The molecular formula is C22H24O7. The maximum absolute atomic E-state index is 10.1. The second kappa shape index (κ2) is 7.00. The van der Waals surface area contributed by atoms with Crippen molar-refractivity contribution in [3.8, 4) is 28.7 Å². The zero-order chi connectivity index (χ0) is 20.1. The van der Waals surface area contributed by atoms with Gasteiger partial charge in [0.15, 0.2) is 23.0 Å². The largest absolute Gasteiger partial charge is 0.493 e. The van der Waals surface area contributed by atoms with Crippen LogP contribution in [0.5, 0.6) is 28.7 Å². The molecule has 2 bridgehead atoms. The van der Waals surface area contributed by atoms with Gasteiger partial charge in [0.25, 0.3) is 0 Å². The van der Waals surface area contributed by atoms with Crippen LogP contribution in [0, 0.1) is 11.8 Å². The van der Waals surface area contributed by atoms with Gasteiger partial charge in [0, 0.05) is 24.4 Å². The summed E-state index contributed by atoms with van der Waals surface area (Å²) in [6, 6.07) is 8.01. The van der Waals surface area contributed by atoms with Crippen LogP contribution in [0.25, 0.3) is 0 Å². The molecule has 4 atom stereocenters. The Morgan fingerprint density at radius 1 is 0.931 bits per heavy atom. The molecule has 1 saturated heterocycles. The van der Waals surface area contributed by atoms with Gasteiger partial charge in [-0.15, -0.1) is 0 Å². The van der Waals surface area contributed by atoms with Gasteiger partial charge in [-0.2, -0.15) is 0 Å². The minimum Gasteiger partial charge on any atom is -0.493 e. The molecule has 0 amide bonds. The first-order chi connectivity index (χ1) is 14.2. The van der Waals surface area contributed by atoms with Crippen molar-refractivity contribution in [2.24, 2.45) is 11.8 Å². The summed E-state index contributed by atoms with van der Waals surface area (Å²) in [7, 11) is 4.81. The van der Waals surface area contributed by atoms with Gasteiger partial charge in [0.1, 0.15) is 0 Å². The summed E-state index contributed by atoms with van der Waals surface area (Å²) in [5.74, 6) is 3.34. The van der Waals surface area contributed by atoms with Gasteiger partial charge >= 0.3 is 0 Å². The second-order valence-corrected chi connectivity index (χ2v) is 7.53. The van der Waals surface area contributed by atoms with Crippen molar-refractivity contribution in [2.45, 2.75) is 12.0 Å². The van der Waals surface area contributed by atoms with Gasteiger partial charge in [-0.25, -0.2) is 0 Å². The van der Waals surface area contributed by atoms with E-state index in [9.17, 15) is 5.11 Å². The van der Waals surface area contributed by atoms with Gasteiger partial charge in [-0.3, -0.25) is 0 Å². The fourth-order valence-electron chi connectivity index (χ4n) is 5.01. The number of methoxy groups -OCH3 is 3. The van der Waals surface area contributed by atoms with E-state index in [-0.39, 0.29) is 37.3 Å². The van der Waals surface area contributed by atoms with Crippen molar-refractivity contribution < 1.29 is 33.5 Å².